The number of ether oxygens (including phenoxy) is 1. The van der Waals surface area contributed by atoms with E-state index < -0.39 is 0 Å². The van der Waals surface area contributed by atoms with Crippen LogP contribution in [0.25, 0.3) is 0 Å². The second kappa shape index (κ2) is 9.19. The second-order valence-electron chi connectivity index (χ2n) is 6.25. The molecule has 0 atom stereocenters. The van der Waals surface area contributed by atoms with Gasteiger partial charge in [0.25, 0.3) is 5.91 Å². The van der Waals surface area contributed by atoms with Gasteiger partial charge in [-0.3, -0.25) is 4.79 Å². The fourth-order valence-corrected chi connectivity index (χ4v) is 2.92. The van der Waals surface area contributed by atoms with Crippen molar-refractivity contribution in [2.75, 3.05) is 19.0 Å². The van der Waals surface area contributed by atoms with Crippen molar-refractivity contribution >= 4 is 29.0 Å². The van der Waals surface area contributed by atoms with Gasteiger partial charge in [0.2, 0.25) is 0 Å². The van der Waals surface area contributed by atoms with Crippen LogP contribution in [0.5, 0.6) is 5.75 Å². The van der Waals surface area contributed by atoms with Gasteiger partial charge in [0.1, 0.15) is 23.6 Å². The van der Waals surface area contributed by atoms with E-state index in [9.17, 15) is 4.79 Å². The summed E-state index contributed by atoms with van der Waals surface area (Å²) in [5, 5.41) is 6.72. The normalized spacial score (nSPS) is 10.4. The second-order valence-corrected chi connectivity index (χ2v) is 6.69. The molecule has 1 aromatic heterocycles. The molecule has 144 valence electrons. The van der Waals surface area contributed by atoms with E-state index in [-0.39, 0.29) is 11.6 Å². The Morgan fingerprint density at radius 3 is 2.79 bits per heavy atom. The molecule has 0 aliphatic heterocycles. The Morgan fingerprint density at radius 2 is 2.00 bits per heavy atom. The van der Waals surface area contributed by atoms with Crippen molar-refractivity contribution in [2.24, 2.45) is 0 Å². The quantitative estimate of drug-likeness (QED) is 0.627. The number of carbonyl (C=O) groups excluding carboxylic acids is 1. The van der Waals surface area contributed by atoms with Crippen molar-refractivity contribution in [3.63, 3.8) is 0 Å². The number of aryl methyl sites for hydroxylation is 1. The minimum absolute atomic E-state index is 0.260. The van der Waals surface area contributed by atoms with Crippen LogP contribution in [0.4, 0.5) is 11.5 Å². The number of amides is 1. The monoisotopic (exact) mass is 396 g/mol. The van der Waals surface area contributed by atoms with Gasteiger partial charge in [0.15, 0.2) is 0 Å². The molecule has 1 amide bonds. The lowest BCUT2D eigenvalue weighted by atomic mass is 10.1. The van der Waals surface area contributed by atoms with Crippen molar-refractivity contribution in [1.82, 2.24) is 15.3 Å². The Labute approximate surface area is 168 Å². The molecule has 2 aromatic carbocycles. The number of anilines is 2. The molecule has 0 spiro atoms. The van der Waals surface area contributed by atoms with E-state index in [0.29, 0.717) is 29.6 Å². The first-order chi connectivity index (χ1) is 13.5. The number of hydrogen-bond acceptors (Lipinski definition) is 5. The van der Waals surface area contributed by atoms with Gasteiger partial charge < -0.3 is 15.4 Å². The first kappa shape index (κ1) is 19.6. The molecular weight excluding hydrogens is 376 g/mol. The molecule has 1 heterocycles. The largest absolute Gasteiger partial charge is 0.495 e. The van der Waals surface area contributed by atoms with Crippen molar-refractivity contribution in [1.29, 1.82) is 0 Å². The number of hydrogen-bond donors (Lipinski definition) is 2. The summed E-state index contributed by atoms with van der Waals surface area (Å²) in [6.45, 7) is 2.47. The van der Waals surface area contributed by atoms with E-state index in [2.05, 4.69) is 20.6 Å². The third-order valence-corrected chi connectivity index (χ3v) is 4.34. The molecule has 7 heteroatoms. The van der Waals surface area contributed by atoms with Crippen LogP contribution in [0, 0.1) is 6.92 Å². The van der Waals surface area contributed by atoms with Gasteiger partial charge in [-0.1, -0.05) is 29.8 Å². The van der Waals surface area contributed by atoms with Gasteiger partial charge in [-0.2, -0.15) is 0 Å². The van der Waals surface area contributed by atoms with Crippen LogP contribution in [0.15, 0.2) is 54.9 Å². The Kier molecular flexibility index (Phi) is 6.45. The molecule has 0 radical (unpaired) electrons. The minimum atomic E-state index is -0.260. The smallest absolute Gasteiger partial charge is 0.270 e. The molecule has 0 bridgehead atoms. The Balaban J connectivity index is 1.64. The van der Waals surface area contributed by atoms with E-state index in [4.69, 9.17) is 16.3 Å². The third kappa shape index (κ3) is 5.20. The van der Waals surface area contributed by atoms with Crippen molar-refractivity contribution in [3.05, 3.63) is 76.7 Å². The van der Waals surface area contributed by atoms with Crippen molar-refractivity contribution < 1.29 is 9.53 Å². The van der Waals surface area contributed by atoms with E-state index >= 15 is 0 Å². The van der Waals surface area contributed by atoms with Gasteiger partial charge in [-0.05, 0) is 48.7 Å². The maximum absolute atomic E-state index is 12.4. The van der Waals surface area contributed by atoms with Crippen molar-refractivity contribution in [2.45, 2.75) is 13.3 Å². The average molecular weight is 397 g/mol. The molecule has 0 aliphatic carbocycles. The number of nitrogens with zero attached hydrogens (tertiary/aromatic N) is 2. The lowest BCUT2D eigenvalue weighted by Gasteiger charge is -2.12. The standard InChI is InChI=1S/C21H21ClN4O2/c1-14-6-7-19(28-2)17(10-14)26-20-12-18(24-13-25-20)21(27)23-9-8-15-4-3-5-16(22)11-15/h3-7,10-13H,8-9H2,1-2H3,(H,23,27)(H,24,25,26). The van der Waals surface area contributed by atoms with Crippen LogP contribution >= 0.6 is 11.6 Å². The zero-order valence-electron chi connectivity index (χ0n) is 15.7. The van der Waals surface area contributed by atoms with Gasteiger partial charge in [0.05, 0.1) is 12.8 Å². The highest BCUT2D eigenvalue weighted by Gasteiger charge is 2.10. The maximum atomic E-state index is 12.4. The molecule has 0 fully saturated rings. The Hall–Kier alpha value is -3.12. The first-order valence-corrected chi connectivity index (χ1v) is 9.19. The summed E-state index contributed by atoms with van der Waals surface area (Å²) in [7, 11) is 1.61. The van der Waals surface area contributed by atoms with E-state index in [1.54, 1.807) is 13.2 Å². The molecule has 3 aromatic rings. The molecule has 3 rings (SSSR count). The predicted molar refractivity (Wildman–Crippen MR) is 111 cm³/mol. The fourth-order valence-electron chi connectivity index (χ4n) is 2.71. The van der Waals surface area contributed by atoms with Gasteiger partial charge >= 0.3 is 0 Å². The zero-order chi connectivity index (χ0) is 19.9. The Bertz CT molecular complexity index is 978. The summed E-state index contributed by atoms with van der Waals surface area (Å²) in [4.78, 5) is 20.7. The molecule has 2 N–H and O–H groups in total. The number of nitrogens with one attached hydrogen (secondary N) is 2. The zero-order valence-corrected chi connectivity index (χ0v) is 16.5. The molecule has 0 unspecified atom stereocenters. The summed E-state index contributed by atoms with van der Waals surface area (Å²) in [5.74, 6) is 0.944. The average Bonchev–Trinajstić information content (AvgIpc) is 2.68. The van der Waals surface area contributed by atoms with Gasteiger partial charge in [-0.15, -0.1) is 0 Å². The third-order valence-electron chi connectivity index (χ3n) is 4.11. The predicted octanol–water partition coefficient (Wildman–Crippen LogP) is 4.16. The van der Waals surface area contributed by atoms with E-state index in [1.807, 2.05) is 49.4 Å². The molecule has 0 saturated heterocycles. The van der Waals surface area contributed by atoms with Crippen LogP contribution in [0.2, 0.25) is 5.02 Å². The van der Waals surface area contributed by atoms with E-state index in [1.165, 1.54) is 6.33 Å². The highest BCUT2D eigenvalue weighted by Crippen LogP contribution is 2.27. The number of benzene rings is 2. The Morgan fingerprint density at radius 1 is 1.14 bits per heavy atom. The molecule has 6 nitrogen and oxygen atoms in total. The van der Waals surface area contributed by atoms with Crippen molar-refractivity contribution in [3.8, 4) is 5.75 Å². The number of methoxy groups -OCH3 is 1. The van der Waals surface area contributed by atoms with E-state index in [0.717, 1.165) is 16.8 Å². The van der Waals surface area contributed by atoms with Crippen LogP contribution in [-0.2, 0) is 6.42 Å². The SMILES string of the molecule is COc1ccc(C)cc1Nc1cc(C(=O)NCCc2cccc(Cl)c2)ncn1. The highest BCUT2D eigenvalue weighted by molar-refractivity contribution is 6.30. The first-order valence-electron chi connectivity index (χ1n) is 8.81. The summed E-state index contributed by atoms with van der Waals surface area (Å²) in [6.07, 6.45) is 2.04. The van der Waals surface area contributed by atoms with Crippen LogP contribution in [0.1, 0.15) is 21.6 Å². The molecule has 0 saturated carbocycles. The summed E-state index contributed by atoms with van der Waals surface area (Å²) in [5.41, 5.74) is 3.20. The topological polar surface area (TPSA) is 76.1 Å². The number of carbonyl (C=O) groups is 1. The summed E-state index contributed by atoms with van der Waals surface area (Å²) < 4.78 is 5.36. The lowest BCUT2D eigenvalue weighted by molar-refractivity contribution is 0.0949. The number of rotatable bonds is 7. The van der Waals surface area contributed by atoms with Crippen LogP contribution in [0.3, 0.4) is 0 Å². The molecular formula is C21H21ClN4O2. The number of halogens is 1. The minimum Gasteiger partial charge on any atom is -0.495 e. The number of aromatic nitrogens is 2. The van der Waals surface area contributed by atoms with Crippen LogP contribution < -0.4 is 15.4 Å². The van der Waals surface area contributed by atoms with Crippen LogP contribution in [-0.4, -0.2) is 29.5 Å². The highest BCUT2D eigenvalue weighted by atomic mass is 35.5. The molecule has 28 heavy (non-hydrogen) atoms. The maximum Gasteiger partial charge on any atom is 0.270 e. The van der Waals surface area contributed by atoms with Gasteiger partial charge in [0, 0.05) is 17.6 Å². The van der Waals surface area contributed by atoms with Gasteiger partial charge in [-0.25, -0.2) is 9.97 Å². The molecule has 0 aliphatic rings. The fraction of sp³-hybridized carbons (Fsp3) is 0.190. The summed E-state index contributed by atoms with van der Waals surface area (Å²) >= 11 is 5.98. The summed E-state index contributed by atoms with van der Waals surface area (Å²) in [6, 6.07) is 15.0. The lowest BCUT2D eigenvalue weighted by Crippen LogP contribution is -2.26.